The Kier molecular flexibility index (Phi) is 4.30. The molecular formula is C13H23N3. The quantitative estimate of drug-likeness (QED) is 0.828. The Balaban J connectivity index is 2.72. The molecule has 0 fully saturated rings. The van der Waals surface area contributed by atoms with Gasteiger partial charge in [0.05, 0.1) is 5.69 Å². The highest BCUT2D eigenvalue weighted by atomic mass is 15.2. The van der Waals surface area contributed by atoms with Crippen LogP contribution in [0.15, 0.2) is 18.2 Å². The molecule has 1 aromatic rings. The van der Waals surface area contributed by atoms with Crippen molar-refractivity contribution in [2.24, 2.45) is 0 Å². The maximum Gasteiger partial charge on any atom is 0.126 e. The molecule has 0 aliphatic heterocycles. The van der Waals surface area contributed by atoms with Crippen LogP contribution in [-0.2, 0) is 6.54 Å². The van der Waals surface area contributed by atoms with Gasteiger partial charge in [-0.2, -0.15) is 0 Å². The third kappa shape index (κ3) is 3.20. The van der Waals surface area contributed by atoms with E-state index in [0.29, 0.717) is 0 Å². The predicted molar refractivity (Wildman–Crippen MR) is 69.6 cm³/mol. The van der Waals surface area contributed by atoms with Crippen molar-refractivity contribution in [1.82, 2.24) is 9.88 Å². The van der Waals surface area contributed by atoms with E-state index in [4.69, 9.17) is 0 Å². The van der Waals surface area contributed by atoms with E-state index in [1.165, 1.54) is 0 Å². The maximum atomic E-state index is 4.53. The van der Waals surface area contributed by atoms with Crippen molar-refractivity contribution in [2.75, 3.05) is 19.4 Å². The van der Waals surface area contributed by atoms with Crippen LogP contribution in [0.2, 0.25) is 0 Å². The molecule has 0 aliphatic rings. The molecule has 3 nitrogen and oxygen atoms in total. The van der Waals surface area contributed by atoms with Gasteiger partial charge in [-0.3, -0.25) is 4.90 Å². The van der Waals surface area contributed by atoms with Gasteiger partial charge in [0, 0.05) is 19.1 Å². The third-order valence-corrected chi connectivity index (χ3v) is 3.36. The molecule has 0 aromatic carbocycles. The summed E-state index contributed by atoms with van der Waals surface area (Å²) in [5.41, 5.74) is 1.33. The Labute approximate surface area is 98.9 Å². The lowest BCUT2D eigenvalue weighted by atomic mass is 10.00. The van der Waals surface area contributed by atoms with Crippen LogP contribution in [-0.4, -0.2) is 29.5 Å². The average molecular weight is 221 g/mol. The zero-order valence-electron chi connectivity index (χ0n) is 11.0. The van der Waals surface area contributed by atoms with Crippen LogP contribution in [0.25, 0.3) is 0 Å². The normalized spacial score (nSPS) is 11.9. The van der Waals surface area contributed by atoms with Gasteiger partial charge < -0.3 is 5.32 Å². The van der Waals surface area contributed by atoms with Gasteiger partial charge in [-0.25, -0.2) is 4.98 Å². The Hall–Kier alpha value is -1.09. The van der Waals surface area contributed by atoms with E-state index in [1.54, 1.807) is 0 Å². The van der Waals surface area contributed by atoms with Gasteiger partial charge in [0.25, 0.3) is 0 Å². The first-order valence-corrected chi connectivity index (χ1v) is 5.84. The van der Waals surface area contributed by atoms with Crippen molar-refractivity contribution in [1.29, 1.82) is 0 Å². The number of hydrogen-bond acceptors (Lipinski definition) is 3. The number of hydrogen-bond donors (Lipinski definition) is 1. The minimum absolute atomic E-state index is 0.220. The van der Waals surface area contributed by atoms with E-state index in [1.807, 2.05) is 19.2 Å². The molecule has 0 aliphatic carbocycles. The standard InChI is InChI=1S/C13H23N3/c1-6-13(2,3)16(5)10-11-8-7-9-12(14-4)15-11/h7-9H,6,10H2,1-5H3,(H,14,15). The lowest BCUT2D eigenvalue weighted by molar-refractivity contribution is 0.141. The van der Waals surface area contributed by atoms with Crippen molar-refractivity contribution in [3.63, 3.8) is 0 Å². The molecule has 1 N–H and O–H groups in total. The second-order valence-electron chi connectivity index (χ2n) is 4.79. The maximum absolute atomic E-state index is 4.53. The lowest BCUT2D eigenvalue weighted by Crippen LogP contribution is -2.40. The second-order valence-corrected chi connectivity index (χ2v) is 4.79. The zero-order chi connectivity index (χ0) is 12.2. The summed E-state index contributed by atoms with van der Waals surface area (Å²) < 4.78 is 0. The van der Waals surface area contributed by atoms with Crippen LogP contribution in [0.1, 0.15) is 32.9 Å². The lowest BCUT2D eigenvalue weighted by Gasteiger charge is -2.34. The van der Waals surface area contributed by atoms with Gasteiger partial charge in [0.15, 0.2) is 0 Å². The Morgan fingerprint density at radius 3 is 2.62 bits per heavy atom. The van der Waals surface area contributed by atoms with Crippen molar-refractivity contribution in [3.05, 3.63) is 23.9 Å². The predicted octanol–water partition coefficient (Wildman–Crippen LogP) is 2.74. The number of nitrogens with one attached hydrogen (secondary N) is 1. The molecule has 1 rings (SSSR count). The van der Waals surface area contributed by atoms with Crippen molar-refractivity contribution in [2.45, 2.75) is 39.3 Å². The van der Waals surface area contributed by atoms with E-state index in [9.17, 15) is 0 Å². The van der Waals surface area contributed by atoms with Crippen LogP contribution in [0, 0.1) is 0 Å². The third-order valence-electron chi connectivity index (χ3n) is 3.36. The molecule has 3 heteroatoms. The SMILES string of the molecule is CCC(C)(C)N(C)Cc1cccc(NC)n1. The van der Waals surface area contributed by atoms with E-state index in [2.05, 4.69) is 49.1 Å². The Morgan fingerprint density at radius 1 is 1.38 bits per heavy atom. The number of pyridine rings is 1. The van der Waals surface area contributed by atoms with Gasteiger partial charge in [-0.15, -0.1) is 0 Å². The molecule has 0 spiro atoms. The van der Waals surface area contributed by atoms with Crippen LogP contribution in [0.5, 0.6) is 0 Å². The van der Waals surface area contributed by atoms with Crippen LogP contribution < -0.4 is 5.32 Å². The van der Waals surface area contributed by atoms with E-state index in [0.717, 1.165) is 24.5 Å². The molecule has 0 radical (unpaired) electrons. The summed E-state index contributed by atoms with van der Waals surface area (Å²) in [6.07, 6.45) is 1.13. The Bertz CT molecular complexity index is 334. The van der Waals surface area contributed by atoms with Crippen molar-refractivity contribution in [3.8, 4) is 0 Å². The highest BCUT2D eigenvalue weighted by molar-refractivity contribution is 5.34. The summed E-state index contributed by atoms with van der Waals surface area (Å²) in [6, 6.07) is 6.10. The van der Waals surface area contributed by atoms with Gasteiger partial charge in [-0.1, -0.05) is 13.0 Å². The molecule has 0 bridgehead atoms. The second kappa shape index (κ2) is 5.30. The molecule has 0 amide bonds. The van der Waals surface area contributed by atoms with Crippen molar-refractivity contribution >= 4 is 5.82 Å². The first kappa shape index (κ1) is 13.0. The number of aromatic nitrogens is 1. The van der Waals surface area contributed by atoms with Gasteiger partial charge in [-0.05, 0) is 39.4 Å². The number of nitrogens with zero attached hydrogens (tertiary/aromatic N) is 2. The first-order valence-electron chi connectivity index (χ1n) is 5.84. The Morgan fingerprint density at radius 2 is 2.06 bits per heavy atom. The van der Waals surface area contributed by atoms with Crippen LogP contribution in [0.3, 0.4) is 0 Å². The summed E-state index contributed by atoms with van der Waals surface area (Å²) in [6.45, 7) is 7.62. The van der Waals surface area contributed by atoms with Crippen LogP contribution >= 0.6 is 0 Å². The smallest absolute Gasteiger partial charge is 0.126 e. The fraction of sp³-hybridized carbons (Fsp3) is 0.615. The van der Waals surface area contributed by atoms with Gasteiger partial charge >= 0.3 is 0 Å². The fourth-order valence-electron chi connectivity index (χ4n) is 1.43. The van der Waals surface area contributed by atoms with E-state index >= 15 is 0 Å². The highest BCUT2D eigenvalue weighted by Crippen LogP contribution is 2.18. The largest absolute Gasteiger partial charge is 0.373 e. The summed E-state index contributed by atoms with van der Waals surface area (Å²) in [5, 5.41) is 3.06. The van der Waals surface area contributed by atoms with E-state index < -0.39 is 0 Å². The van der Waals surface area contributed by atoms with E-state index in [-0.39, 0.29) is 5.54 Å². The first-order chi connectivity index (χ1) is 7.49. The molecule has 16 heavy (non-hydrogen) atoms. The minimum Gasteiger partial charge on any atom is -0.373 e. The number of anilines is 1. The molecular weight excluding hydrogens is 198 g/mol. The molecule has 1 heterocycles. The average Bonchev–Trinajstić information content (AvgIpc) is 2.29. The summed E-state index contributed by atoms with van der Waals surface area (Å²) in [7, 11) is 4.04. The molecule has 0 saturated heterocycles. The summed E-state index contributed by atoms with van der Waals surface area (Å²) in [5.74, 6) is 0.931. The summed E-state index contributed by atoms with van der Waals surface area (Å²) in [4.78, 5) is 6.87. The number of rotatable bonds is 5. The summed E-state index contributed by atoms with van der Waals surface area (Å²) >= 11 is 0. The van der Waals surface area contributed by atoms with Gasteiger partial charge in [0.2, 0.25) is 0 Å². The zero-order valence-corrected chi connectivity index (χ0v) is 11.0. The fourth-order valence-corrected chi connectivity index (χ4v) is 1.43. The molecule has 90 valence electrons. The molecule has 0 atom stereocenters. The highest BCUT2D eigenvalue weighted by Gasteiger charge is 2.21. The monoisotopic (exact) mass is 221 g/mol. The molecule has 0 unspecified atom stereocenters. The molecule has 0 saturated carbocycles. The topological polar surface area (TPSA) is 28.2 Å². The van der Waals surface area contributed by atoms with Crippen LogP contribution in [0.4, 0.5) is 5.82 Å². The van der Waals surface area contributed by atoms with Gasteiger partial charge in [0.1, 0.15) is 5.82 Å². The molecule has 1 aromatic heterocycles. The van der Waals surface area contributed by atoms with Crippen molar-refractivity contribution < 1.29 is 0 Å². The minimum atomic E-state index is 0.220.